The first-order valence-electron chi connectivity index (χ1n) is 6.82. The van der Waals surface area contributed by atoms with Crippen LogP contribution in [0.4, 0.5) is 0 Å². The summed E-state index contributed by atoms with van der Waals surface area (Å²) in [5.41, 5.74) is 3.59. The van der Waals surface area contributed by atoms with Crippen LogP contribution < -0.4 is 5.32 Å². The van der Waals surface area contributed by atoms with Gasteiger partial charge in [-0.15, -0.1) is 0 Å². The maximum Gasteiger partial charge on any atom is 0.0579 e. The maximum atomic E-state index is 4.51. The summed E-state index contributed by atoms with van der Waals surface area (Å²) >= 11 is 0. The Hall–Kier alpha value is -1.68. The summed E-state index contributed by atoms with van der Waals surface area (Å²) in [7, 11) is 1.95. The highest BCUT2D eigenvalue weighted by Crippen LogP contribution is 2.17. The van der Waals surface area contributed by atoms with Crippen molar-refractivity contribution in [1.82, 2.24) is 20.1 Å². The molecule has 1 N–H and O–H groups in total. The van der Waals surface area contributed by atoms with Gasteiger partial charge >= 0.3 is 0 Å². The molecule has 0 radical (unpaired) electrons. The number of aryl methyl sites for hydroxylation is 2. The Morgan fingerprint density at radius 2 is 2.26 bits per heavy atom. The van der Waals surface area contributed by atoms with Crippen LogP contribution in [0, 0.1) is 6.92 Å². The van der Waals surface area contributed by atoms with E-state index < -0.39 is 0 Å². The molecule has 4 nitrogen and oxygen atoms in total. The molecule has 0 aromatic carbocycles. The van der Waals surface area contributed by atoms with E-state index in [1.807, 2.05) is 30.2 Å². The predicted molar refractivity (Wildman–Crippen MR) is 76.9 cm³/mol. The van der Waals surface area contributed by atoms with Gasteiger partial charge in [0.1, 0.15) is 0 Å². The second-order valence-corrected chi connectivity index (χ2v) is 4.99. The van der Waals surface area contributed by atoms with Crippen molar-refractivity contribution in [3.05, 3.63) is 47.5 Å². The number of aromatic nitrogens is 3. The van der Waals surface area contributed by atoms with E-state index in [1.54, 1.807) is 0 Å². The molecule has 4 heteroatoms. The van der Waals surface area contributed by atoms with Crippen LogP contribution in [-0.4, -0.2) is 21.3 Å². The fourth-order valence-electron chi connectivity index (χ4n) is 2.16. The summed E-state index contributed by atoms with van der Waals surface area (Å²) in [6, 6.07) is 4.44. The third-order valence-electron chi connectivity index (χ3n) is 3.13. The third-order valence-corrected chi connectivity index (χ3v) is 3.13. The van der Waals surface area contributed by atoms with Crippen molar-refractivity contribution in [2.75, 3.05) is 6.54 Å². The van der Waals surface area contributed by atoms with E-state index in [-0.39, 0.29) is 6.04 Å². The molecule has 2 heterocycles. The fraction of sp³-hybridized carbons (Fsp3) is 0.467. The smallest absolute Gasteiger partial charge is 0.0579 e. The highest BCUT2D eigenvalue weighted by Gasteiger charge is 2.14. The SMILES string of the molecule is CCCNC(Cc1cnn(C)c1)c1cc(C)ccn1. The predicted octanol–water partition coefficient (Wildman–Crippen LogP) is 2.41. The molecular weight excluding hydrogens is 236 g/mol. The highest BCUT2D eigenvalue weighted by molar-refractivity contribution is 5.19. The summed E-state index contributed by atoms with van der Waals surface area (Å²) in [6.45, 7) is 5.28. The highest BCUT2D eigenvalue weighted by atomic mass is 15.2. The van der Waals surface area contributed by atoms with Gasteiger partial charge in [0.05, 0.1) is 17.9 Å². The normalized spacial score (nSPS) is 12.6. The van der Waals surface area contributed by atoms with E-state index in [0.717, 1.165) is 25.1 Å². The molecule has 0 spiro atoms. The lowest BCUT2D eigenvalue weighted by Crippen LogP contribution is -2.25. The average molecular weight is 258 g/mol. The number of pyridine rings is 1. The van der Waals surface area contributed by atoms with Crippen molar-refractivity contribution in [3.8, 4) is 0 Å². The molecule has 1 unspecified atom stereocenters. The van der Waals surface area contributed by atoms with Gasteiger partial charge < -0.3 is 5.32 Å². The van der Waals surface area contributed by atoms with Gasteiger partial charge in [-0.3, -0.25) is 9.67 Å². The summed E-state index contributed by atoms with van der Waals surface area (Å²) in [4.78, 5) is 4.51. The Bertz CT molecular complexity index is 518. The lowest BCUT2D eigenvalue weighted by Gasteiger charge is -2.17. The molecule has 0 aliphatic heterocycles. The number of hydrogen-bond acceptors (Lipinski definition) is 3. The first kappa shape index (κ1) is 13.7. The molecule has 0 amide bonds. The minimum Gasteiger partial charge on any atom is -0.308 e. The largest absolute Gasteiger partial charge is 0.308 e. The molecule has 0 aliphatic carbocycles. The summed E-state index contributed by atoms with van der Waals surface area (Å²) in [6.07, 6.45) is 7.92. The van der Waals surface area contributed by atoms with Crippen molar-refractivity contribution >= 4 is 0 Å². The zero-order valence-electron chi connectivity index (χ0n) is 11.9. The number of nitrogens with zero attached hydrogens (tertiary/aromatic N) is 3. The second kappa shape index (κ2) is 6.48. The van der Waals surface area contributed by atoms with Crippen molar-refractivity contribution < 1.29 is 0 Å². The summed E-state index contributed by atoms with van der Waals surface area (Å²) in [5, 5.41) is 7.80. The number of rotatable bonds is 6. The van der Waals surface area contributed by atoms with E-state index in [1.165, 1.54) is 11.1 Å². The zero-order valence-corrected chi connectivity index (χ0v) is 11.9. The molecule has 2 rings (SSSR count). The monoisotopic (exact) mass is 258 g/mol. The van der Waals surface area contributed by atoms with E-state index >= 15 is 0 Å². The summed E-state index contributed by atoms with van der Waals surface area (Å²) in [5.74, 6) is 0. The van der Waals surface area contributed by atoms with Gasteiger partial charge in [0.2, 0.25) is 0 Å². The Kier molecular flexibility index (Phi) is 4.68. The average Bonchev–Trinajstić information content (AvgIpc) is 2.80. The molecule has 0 saturated heterocycles. The van der Waals surface area contributed by atoms with Crippen molar-refractivity contribution in [2.24, 2.45) is 7.05 Å². The molecule has 0 aliphatic rings. The minimum atomic E-state index is 0.254. The lowest BCUT2D eigenvalue weighted by molar-refractivity contribution is 0.517. The molecule has 102 valence electrons. The van der Waals surface area contributed by atoms with Crippen LogP contribution in [0.25, 0.3) is 0 Å². The van der Waals surface area contributed by atoms with Crippen molar-refractivity contribution in [1.29, 1.82) is 0 Å². The van der Waals surface area contributed by atoms with Crippen LogP contribution in [-0.2, 0) is 13.5 Å². The fourth-order valence-corrected chi connectivity index (χ4v) is 2.16. The van der Waals surface area contributed by atoms with Crippen LogP contribution in [0.15, 0.2) is 30.7 Å². The molecule has 1 atom stereocenters. The van der Waals surface area contributed by atoms with E-state index in [9.17, 15) is 0 Å². The molecular formula is C15H22N4. The van der Waals surface area contributed by atoms with Crippen molar-refractivity contribution in [2.45, 2.75) is 32.7 Å². The Morgan fingerprint density at radius 3 is 2.89 bits per heavy atom. The second-order valence-electron chi connectivity index (χ2n) is 4.99. The lowest BCUT2D eigenvalue weighted by atomic mass is 10.0. The Labute approximate surface area is 114 Å². The molecule has 19 heavy (non-hydrogen) atoms. The zero-order chi connectivity index (χ0) is 13.7. The minimum absolute atomic E-state index is 0.254. The van der Waals surface area contributed by atoms with E-state index in [2.05, 4.69) is 41.5 Å². The van der Waals surface area contributed by atoms with E-state index in [4.69, 9.17) is 0 Å². The first-order chi connectivity index (χ1) is 9.19. The quantitative estimate of drug-likeness (QED) is 0.865. The van der Waals surface area contributed by atoms with Gasteiger partial charge in [0, 0.05) is 19.4 Å². The van der Waals surface area contributed by atoms with Crippen molar-refractivity contribution in [3.63, 3.8) is 0 Å². The van der Waals surface area contributed by atoms with Crippen LogP contribution in [0.5, 0.6) is 0 Å². The van der Waals surface area contributed by atoms with Gasteiger partial charge in [-0.1, -0.05) is 6.92 Å². The molecule has 0 bridgehead atoms. The third kappa shape index (κ3) is 3.89. The topological polar surface area (TPSA) is 42.7 Å². The molecule has 0 saturated carbocycles. The molecule has 0 fully saturated rings. The maximum absolute atomic E-state index is 4.51. The van der Waals surface area contributed by atoms with Gasteiger partial charge in [-0.2, -0.15) is 5.10 Å². The Balaban J connectivity index is 2.15. The first-order valence-corrected chi connectivity index (χ1v) is 6.82. The van der Waals surface area contributed by atoms with Gasteiger partial charge in [0.15, 0.2) is 0 Å². The summed E-state index contributed by atoms with van der Waals surface area (Å²) < 4.78 is 1.84. The van der Waals surface area contributed by atoms with Gasteiger partial charge in [-0.05, 0) is 49.6 Å². The van der Waals surface area contributed by atoms with Crippen LogP contribution in [0.2, 0.25) is 0 Å². The van der Waals surface area contributed by atoms with Crippen LogP contribution >= 0.6 is 0 Å². The van der Waals surface area contributed by atoms with E-state index in [0.29, 0.717) is 0 Å². The standard InChI is InChI=1S/C15H22N4/c1-4-6-16-15(9-13-10-18-19(3)11-13)14-8-12(2)5-7-17-14/h5,7-8,10-11,15-16H,4,6,9H2,1-3H3. The van der Waals surface area contributed by atoms with Crippen LogP contribution in [0.3, 0.4) is 0 Å². The number of nitrogens with one attached hydrogen (secondary N) is 1. The molecule has 2 aromatic heterocycles. The Morgan fingerprint density at radius 1 is 1.42 bits per heavy atom. The van der Waals surface area contributed by atoms with Gasteiger partial charge in [0.25, 0.3) is 0 Å². The van der Waals surface area contributed by atoms with Crippen LogP contribution in [0.1, 0.15) is 36.2 Å². The van der Waals surface area contributed by atoms with Gasteiger partial charge in [-0.25, -0.2) is 0 Å². The molecule has 2 aromatic rings. The number of hydrogen-bond donors (Lipinski definition) is 1.